The standard InChI is InChI=1S/C22H30N4O3S/c1-4-17-9-18-19(30-17)5-8-28-22(18)6-7-25(14(2)10-22)11-16-12-26(13-16)21(27)20-15(3)23-29-24-20/h9,14,16H,4-8,10-13H2,1-3H3/t14-,22?/m0/s1. The Balaban J connectivity index is 1.19. The molecule has 2 fully saturated rings. The lowest BCUT2D eigenvalue weighted by molar-refractivity contribution is -0.114. The minimum atomic E-state index is -0.0908. The lowest BCUT2D eigenvalue weighted by atomic mass is 9.79. The molecule has 0 saturated carbocycles. The van der Waals surface area contributed by atoms with Crippen LogP contribution in [0.1, 0.15) is 58.2 Å². The quantitative estimate of drug-likeness (QED) is 0.743. The molecule has 0 radical (unpaired) electrons. The van der Waals surface area contributed by atoms with E-state index < -0.39 is 0 Å². The molecular weight excluding hydrogens is 400 g/mol. The summed E-state index contributed by atoms with van der Waals surface area (Å²) in [5.74, 6) is 0.448. The molecule has 3 aliphatic rings. The third kappa shape index (κ3) is 3.39. The summed E-state index contributed by atoms with van der Waals surface area (Å²) in [7, 11) is 0. The van der Waals surface area contributed by atoms with Crippen molar-refractivity contribution in [2.24, 2.45) is 5.92 Å². The number of ether oxygens (including phenoxy) is 1. The highest BCUT2D eigenvalue weighted by Crippen LogP contribution is 2.46. The molecule has 7 nitrogen and oxygen atoms in total. The van der Waals surface area contributed by atoms with E-state index in [1.54, 1.807) is 11.8 Å². The highest BCUT2D eigenvalue weighted by Gasteiger charge is 2.45. The molecule has 162 valence electrons. The zero-order valence-electron chi connectivity index (χ0n) is 18.0. The topological polar surface area (TPSA) is 71.7 Å². The van der Waals surface area contributed by atoms with Crippen LogP contribution in [-0.2, 0) is 23.2 Å². The molecule has 5 rings (SSSR count). The fourth-order valence-corrected chi connectivity index (χ4v) is 6.48. The predicted octanol–water partition coefficient (Wildman–Crippen LogP) is 3.03. The molecule has 0 N–H and O–H groups in total. The predicted molar refractivity (Wildman–Crippen MR) is 114 cm³/mol. The number of aryl methyl sites for hydroxylation is 2. The number of carbonyl (C=O) groups is 1. The largest absolute Gasteiger partial charge is 0.370 e. The molecule has 2 aromatic rings. The first-order chi connectivity index (χ1) is 14.5. The Hall–Kier alpha value is -1.77. The summed E-state index contributed by atoms with van der Waals surface area (Å²) >= 11 is 1.98. The second-order valence-electron chi connectivity index (χ2n) is 9.07. The van der Waals surface area contributed by atoms with E-state index in [1.807, 2.05) is 16.2 Å². The lowest BCUT2D eigenvalue weighted by Crippen LogP contribution is -2.57. The number of thiophene rings is 1. The highest BCUT2D eigenvalue weighted by atomic mass is 32.1. The molecule has 5 heterocycles. The van der Waals surface area contributed by atoms with Gasteiger partial charge in [0.05, 0.1) is 12.2 Å². The van der Waals surface area contributed by atoms with Crippen LogP contribution in [0.5, 0.6) is 0 Å². The van der Waals surface area contributed by atoms with Crippen LogP contribution >= 0.6 is 11.3 Å². The van der Waals surface area contributed by atoms with Gasteiger partial charge in [-0.3, -0.25) is 4.79 Å². The lowest BCUT2D eigenvalue weighted by Gasteiger charge is -2.49. The molecule has 2 atom stereocenters. The van der Waals surface area contributed by atoms with Crippen molar-refractivity contribution in [1.29, 1.82) is 0 Å². The van der Waals surface area contributed by atoms with Gasteiger partial charge in [0.1, 0.15) is 5.69 Å². The zero-order valence-corrected chi connectivity index (χ0v) is 18.8. The van der Waals surface area contributed by atoms with E-state index in [2.05, 4.69) is 39.8 Å². The molecular formula is C22H30N4O3S. The van der Waals surface area contributed by atoms with E-state index in [9.17, 15) is 4.79 Å². The summed E-state index contributed by atoms with van der Waals surface area (Å²) in [5.41, 5.74) is 2.28. The van der Waals surface area contributed by atoms with Crippen LogP contribution in [-0.4, -0.2) is 64.8 Å². The second-order valence-corrected chi connectivity index (χ2v) is 10.3. The second kappa shape index (κ2) is 7.73. The summed E-state index contributed by atoms with van der Waals surface area (Å²) < 4.78 is 11.1. The minimum Gasteiger partial charge on any atom is -0.370 e. The Kier molecular flexibility index (Phi) is 5.19. The average molecular weight is 431 g/mol. The Morgan fingerprint density at radius 3 is 2.90 bits per heavy atom. The normalized spacial score (nSPS) is 27.3. The Labute approximate surface area is 181 Å². The summed E-state index contributed by atoms with van der Waals surface area (Å²) in [6.45, 7) is 10.8. The van der Waals surface area contributed by atoms with Crippen molar-refractivity contribution in [3.05, 3.63) is 32.8 Å². The third-order valence-corrected chi connectivity index (χ3v) is 8.39. The number of amides is 1. The Morgan fingerprint density at radius 2 is 2.20 bits per heavy atom. The van der Waals surface area contributed by atoms with Crippen LogP contribution in [0.3, 0.4) is 0 Å². The van der Waals surface area contributed by atoms with Gasteiger partial charge in [0.25, 0.3) is 5.91 Å². The number of hydrogen-bond acceptors (Lipinski definition) is 7. The number of aromatic nitrogens is 2. The van der Waals surface area contributed by atoms with Crippen LogP contribution in [0.4, 0.5) is 0 Å². The summed E-state index contributed by atoms with van der Waals surface area (Å²) in [6.07, 6.45) is 4.28. The fraction of sp³-hybridized carbons (Fsp3) is 0.682. The summed E-state index contributed by atoms with van der Waals surface area (Å²) in [6, 6.07) is 2.89. The molecule has 3 aliphatic heterocycles. The van der Waals surface area contributed by atoms with Crippen LogP contribution in [0.2, 0.25) is 0 Å². The smallest absolute Gasteiger partial charge is 0.278 e. The van der Waals surface area contributed by atoms with Gasteiger partial charge in [-0.25, -0.2) is 4.63 Å². The molecule has 30 heavy (non-hydrogen) atoms. The van der Waals surface area contributed by atoms with Crippen LogP contribution < -0.4 is 0 Å². The van der Waals surface area contributed by atoms with Gasteiger partial charge in [-0.15, -0.1) is 11.3 Å². The van der Waals surface area contributed by atoms with Gasteiger partial charge in [-0.2, -0.15) is 0 Å². The van der Waals surface area contributed by atoms with Crippen molar-refractivity contribution in [2.75, 3.05) is 32.8 Å². The van der Waals surface area contributed by atoms with Crippen molar-refractivity contribution >= 4 is 17.2 Å². The summed E-state index contributed by atoms with van der Waals surface area (Å²) in [5, 5.41) is 7.46. The van der Waals surface area contributed by atoms with Gasteiger partial charge >= 0.3 is 0 Å². The van der Waals surface area contributed by atoms with Crippen LogP contribution in [0, 0.1) is 12.8 Å². The number of fused-ring (bicyclic) bond motifs is 2. The number of carbonyl (C=O) groups excluding carboxylic acids is 1. The van der Waals surface area contributed by atoms with E-state index >= 15 is 0 Å². The molecule has 0 aliphatic carbocycles. The van der Waals surface area contributed by atoms with E-state index in [-0.39, 0.29) is 11.5 Å². The monoisotopic (exact) mass is 430 g/mol. The molecule has 0 bridgehead atoms. The van der Waals surface area contributed by atoms with Gasteiger partial charge < -0.3 is 14.5 Å². The number of likely N-dealkylation sites (tertiary alicyclic amines) is 2. The highest BCUT2D eigenvalue weighted by molar-refractivity contribution is 7.12. The average Bonchev–Trinajstić information content (AvgIpc) is 3.32. The SMILES string of the molecule is CCc1cc2c(s1)CCOC21CCN(CC2CN(C(=O)c3nonc3C)C2)[C@@H](C)C1. The molecule has 1 amide bonds. The minimum absolute atomic E-state index is 0.0667. The number of nitrogens with zero attached hydrogens (tertiary/aromatic N) is 4. The van der Waals surface area contributed by atoms with E-state index in [0.717, 1.165) is 58.5 Å². The van der Waals surface area contributed by atoms with Crippen molar-refractivity contribution < 1.29 is 14.2 Å². The summed E-state index contributed by atoms with van der Waals surface area (Å²) in [4.78, 5) is 20.0. The van der Waals surface area contributed by atoms with Crippen LogP contribution in [0.15, 0.2) is 10.7 Å². The maximum Gasteiger partial charge on any atom is 0.278 e. The number of rotatable bonds is 4. The Morgan fingerprint density at radius 1 is 1.37 bits per heavy atom. The van der Waals surface area contributed by atoms with Crippen molar-refractivity contribution in [3.8, 4) is 0 Å². The first-order valence-corrected chi connectivity index (χ1v) is 11.9. The maximum atomic E-state index is 12.5. The molecule has 2 aromatic heterocycles. The van der Waals surface area contributed by atoms with E-state index in [1.165, 1.54) is 10.4 Å². The van der Waals surface area contributed by atoms with E-state index in [4.69, 9.17) is 4.74 Å². The van der Waals surface area contributed by atoms with Gasteiger partial charge in [0.15, 0.2) is 5.69 Å². The first kappa shape index (κ1) is 20.2. The first-order valence-electron chi connectivity index (χ1n) is 11.1. The molecule has 0 aromatic carbocycles. The molecule has 8 heteroatoms. The molecule has 1 unspecified atom stereocenters. The number of piperidine rings is 1. The van der Waals surface area contributed by atoms with E-state index in [0.29, 0.717) is 23.3 Å². The van der Waals surface area contributed by atoms with Gasteiger partial charge in [-0.1, -0.05) is 12.1 Å². The van der Waals surface area contributed by atoms with Gasteiger partial charge in [0, 0.05) is 54.3 Å². The van der Waals surface area contributed by atoms with Crippen molar-refractivity contribution in [3.63, 3.8) is 0 Å². The fourth-order valence-electron chi connectivity index (χ4n) is 5.30. The Bertz CT molecular complexity index is 935. The zero-order chi connectivity index (χ0) is 20.9. The van der Waals surface area contributed by atoms with Crippen molar-refractivity contribution in [2.45, 2.75) is 58.1 Å². The van der Waals surface area contributed by atoms with Crippen LogP contribution in [0.25, 0.3) is 0 Å². The van der Waals surface area contributed by atoms with Gasteiger partial charge in [0.2, 0.25) is 0 Å². The molecule has 1 spiro atoms. The van der Waals surface area contributed by atoms with Gasteiger partial charge in [-0.05, 0) is 49.9 Å². The van der Waals surface area contributed by atoms with Crippen molar-refractivity contribution in [1.82, 2.24) is 20.1 Å². The third-order valence-electron chi connectivity index (χ3n) is 7.05. The maximum absolute atomic E-state index is 12.5. The molecule has 2 saturated heterocycles. The number of hydrogen-bond donors (Lipinski definition) is 0.